The molecule has 0 saturated carbocycles. The van der Waals surface area contributed by atoms with Gasteiger partial charge in [-0.1, -0.05) is 27.7 Å². The molecule has 1 N–H and O–H groups in total. The Bertz CT molecular complexity index is 618. The molecule has 0 radical (unpaired) electrons. The molecule has 1 aliphatic rings. The van der Waals surface area contributed by atoms with Crippen LogP contribution in [0, 0.1) is 5.92 Å². The van der Waals surface area contributed by atoms with E-state index < -0.39 is 0 Å². The third kappa shape index (κ3) is 6.48. The normalized spacial score (nSPS) is 17.4. The minimum Gasteiger partial charge on any atom is -0.379 e. The monoisotopic (exact) mass is 392 g/mol. The summed E-state index contributed by atoms with van der Waals surface area (Å²) in [5.74, 6) is 2.01. The van der Waals surface area contributed by atoms with Crippen molar-refractivity contribution in [3.05, 3.63) is 17.5 Å². The molecule has 2 heterocycles. The van der Waals surface area contributed by atoms with Crippen LogP contribution >= 0.6 is 0 Å². The molecule has 1 saturated heterocycles. The molecule has 0 spiro atoms. The van der Waals surface area contributed by atoms with Crippen LogP contribution in [0.25, 0.3) is 0 Å². The molecule has 28 heavy (non-hydrogen) atoms. The van der Waals surface area contributed by atoms with Crippen molar-refractivity contribution in [1.82, 2.24) is 24.9 Å². The summed E-state index contributed by atoms with van der Waals surface area (Å²) < 4.78 is 7.45. The van der Waals surface area contributed by atoms with Crippen LogP contribution in [0.2, 0.25) is 0 Å². The summed E-state index contributed by atoms with van der Waals surface area (Å²) in [6, 6.07) is 0.499. The third-order valence-corrected chi connectivity index (χ3v) is 5.27. The molecule has 1 aromatic heterocycles. The van der Waals surface area contributed by atoms with Crippen molar-refractivity contribution in [2.24, 2.45) is 18.0 Å². The summed E-state index contributed by atoms with van der Waals surface area (Å²) in [6.07, 6.45) is 3.29. The first kappa shape index (κ1) is 22.7. The Labute approximate surface area is 171 Å². The average molecular weight is 393 g/mol. The number of ether oxygens (including phenoxy) is 1. The lowest BCUT2D eigenvalue weighted by Crippen LogP contribution is -2.51. The number of morpholine rings is 1. The first-order valence-corrected chi connectivity index (χ1v) is 10.6. The molecule has 0 bridgehead atoms. The molecule has 0 aromatic carbocycles. The van der Waals surface area contributed by atoms with Gasteiger partial charge in [0.05, 0.1) is 18.9 Å². The highest BCUT2D eigenvalue weighted by Gasteiger charge is 2.23. The van der Waals surface area contributed by atoms with Crippen molar-refractivity contribution in [3.8, 4) is 0 Å². The summed E-state index contributed by atoms with van der Waals surface area (Å²) >= 11 is 0. The molecular weight excluding hydrogens is 352 g/mol. The van der Waals surface area contributed by atoms with Crippen molar-refractivity contribution in [3.63, 3.8) is 0 Å². The predicted octanol–water partition coefficient (Wildman–Crippen LogP) is 2.30. The fraction of sp³-hybridized carbons (Fsp3) is 0.810. The highest BCUT2D eigenvalue weighted by molar-refractivity contribution is 5.79. The first-order valence-electron chi connectivity index (χ1n) is 10.6. The van der Waals surface area contributed by atoms with Gasteiger partial charge in [0.25, 0.3) is 0 Å². The van der Waals surface area contributed by atoms with E-state index in [-0.39, 0.29) is 0 Å². The van der Waals surface area contributed by atoms with E-state index in [0.717, 1.165) is 51.0 Å². The second kappa shape index (κ2) is 10.8. The number of aromatic nitrogens is 2. The molecule has 2 rings (SSSR count). The lowest BCUT2D eigenvalue weighted by Gasteiger charge is -2.36. The van der Waals surface area contributed by atoms with E-state index in [9.17, 15) is 0 Å². The quantitative estimate of drug-likeness (QED) is 0.543. The van der Waals surface area contributed by atoms with Crippen molar-refractivity contribution >= 4 is 5.96 Å². The fourth-order valence-corrected chi connectivity index (χ4v) is 3.94. The zero-order chi connectivity index (χ0) is 20.7. The van der Waals surface area contributed by atoms with Gasteiger partial charge in [-0.25, -0.2) is 0 Å². The summed E-state index contributed by atoms with van der Waals surface area (Å²) in [5.41, 5.74) is 2.42. The molecule has 1 fully saturated rings. The number of aryl methyl sites for hydroxylation is 1. The maximum absolute atomic E-state index is 5.54. The number of rotatable bonds is 8. The molecule has 1 aliphatic heterocycles. The van der Waals surface area contributed by atoms with Gasteiger partial charge in [0.1, 0.15) is 0 Å². The van der Waals surface area contributed by atoms with Crippen molar-refractivity contribution in [1.29, 1.82) is 0 Å². The van der Waals surface area contributed by atoms with E-state index in [4.69, 9.17) is 4.74 Å². The van der Waals surface area contributed by atoms with Gasteiger partial charge in [0.2, 0.25) is 0 Å². The van der Waals surface area contributed by atoms with Gasteiger partial charge in [0, 0.05) is 65.1 Å². The number of aliphatic imine (C=N–C) groups is 1. The summed E-state index contributed by atoms with van der Waals surface area (Å²) in [5, 5.41) is 8.24. The Morgan fingerprint density at radius 3 is 2.54 bits per heavy atom. The number of nitrogens with zero attached hydrogens (tertiary/aromatic N) is 5. The van der Waals surface area contributed by atoms with Crippen LogP contribution in [0.3, 0.4) is 0 Å². The van der Waals surface area contributed by atoms with Gasteiger partial charge >= 0.3 is 0 Å². The van der Waals surface area contributed by atoms with Gasteiger partial charge < -0.3 is 15.0 Å². The molecule has 7 nitrogen and oxygen atoms in total. The average Bonchev–Trinajstić information content (AvgIpc) is 3.02. The van der Waals surface area contributed by atoms with Gasteiger partial charge in [-0.3, -0.25) is 14.6 Å². The number of hydrogen-bond acceptors (Lipinski definition) is 4. The van der Waals surface area contributed by atoms with Crippen LogP contribution in [0.15, 0.2) is 11.2 Å². The Morgan fingerprint density at radius 1 is 1.29 bits per heavy atom. The molecule has 0 amide bonds. The second-order valence-corrected chi connectivity index (χ2v) is 8.58. The second-order valence-electron chi connectivity index (χ2n) is 8.58. The van der Waals surface area contributed by atoms with E-state index in [1.54, 1.807) is 0 Å². The lowest BCUT2D eigenvalue weighted by atomic mass is 10.0. The predicted molar refractivity (Wildman–Crippen MR) is 116 cm³/mol. The van der Waals surface area contributed by atoms with Crippen LogP contribution in [-0.4, -0.2) is 78.5 Å². The SMILES string of the molecule is CN=C(NCC(CC(C)C)N1CCOCC1)N(C)Cc1cn(C)nc1C(C)C. The molecule has 1 aromatic rings. The minimum absolute atomic E-state index is 0.413. The van der Waals surface area contributed by atoms with Crippen LogP contribution < -0.4 is 5.32 Å². The first-order chi connectivity index (χ1) is 13.3. The van der Waals surface area contributed by atoms with Crippen molar-refractivity contribution in [2.75, 3.05) is 46.9 Å². The van der Waals surface area contributed by atoms with E-state index in [1.165, 1.54) is 12.0 Å². The Morgan fingerprint density at radius 2 is 1.96 bits per heavy atom. The molecule has 1 atom stereocenters. The maximum Gasteiger partial charge on any atom is 0.193 e. The van der Waals surface area contributed by atoms with Crippen LogP contribution in [0.1, 0.15) is 51.3 Å². The molecule has 0 aliphatic carbocycles. The minimum atomic E-state index is 0.413. The Hall–Kier alpha value is -1.60. The fourth-order valence-electron chi connectivity index (χ4n) is 3.94. The van der Waals surface area contributed by atoms with Crippen LogP contribution in [0.5, 0.6) is 0 Å². The van der Waals surface area contributed by atoms with E-state index in [1.807, 2.05) is 18.8 Å². The van der Waals surface area contributed by atoms with Crippen LogP contribution in [-0.2, 0) is 18.3 Å². The van der Waals surface area contributed by atoms with Gasteiger partial charge in [-0.05, 0) is 18.3 Å². The van der Waals surface area contributed by atoms with Crippen molar-refractivity contribution in [2.45, 2.75) is 52.6 Å². The lowest BCUT2D eigenvalue weighted by molar-refractivity contribution is 0.0131. The highest BCUT2D eigenvalue weighted by Crippen LogP contribution is 2.19. The van der Waals surface area contributed by atoms with Gasteiger partial charge in [0.15, 0.2) is 5.96 Å². The largest absolute Gasteiger partial charge is 0.379 e. The third-order valence-electron chi connectivity index (χ3n) is 5.27. The Balaban J connectivity index is 1.99. The molecule has 1 unspecified atom stereocenters. The number of nitrogens with one attached hydrogen (secondary N) is 1. The van der Waals surface area contributed by atoms with E-state index in [0.29, 0.717) is 17.9 Å². The molecular formula is C21H40N6O. The van der Waals surface area contributed by atoms with E-state index in [2.05, 4.69) is 66.1 Å². The standard InChI is InChI=1S/C21H40N6O/c1-16(2)12-19(27-8-10-28-11-9-27)13-23-21(22-5)25(6)14-18-15-26(7)24-20(18)17(3)4/h15-17,19H,8-14H2,1-7H3,(H,22,23). The van der Waals surface area contributed by atoms with Crippen molar-refractivity contribution < 1.29 is 4.74 Å². The maximum atomic E-state index is 5.54. The number of hydrogen-bond donors (Lipinski definition) is 1. The summed E-state index contributed by atoms with van der Waals surface area (Å²) in [6.45, 7) is 14.4. The van der Waals surface area contributed by atoms with Crippen LogP contribution in [0.4, 0.5) is 0 Å². The van der Waals surface area contributed by atoms with E-state index >= 15 is 0 Å². The zero-order valence-electron chi connectivity index (χ0n) is 18.9. The topological polar surface area (TPSA) is 57.9 Å². The highest BCUT2D eigenvalue weighted by atomic mass is 16.5. The smallest absolute Gasteiger partial charge is 0.193 e. The summed E-state index contributed by atoms with van der Waals surface area (Å²) in [4.78, 5) is 9.27. The summed E-state index contributed by atoms with van der Waals surface area (Å²) in [7, 11) is 5.94. The molecule has 7 heteroatoms. The van der Waals surface area contributed by atoms with Gasteiger partial charge in [-0.15, -0.1) is 0 Å². The zero-order valence-corrected chi connectivity index (χ0v) is 18.9. The Kier molecular flexibility index (Phi) is 8.76. The molecule has 160 valence electrons. The van der Waals surface area contributed by atoms with Gasteiger partial charge in [-0.2, -0.15) is 5.10 Å². The number of guanidine groups is 1.